The number of hydrogen-bond acceptors (Lipinski definition) is 2. The number of nitrogens with two attached hydrogens (primary N) is 1. The second-order valence-electron chi connectivity index (χ2n) is 6.63. The summed E-state index contributed by atoms with van der Waals surface area (Å²) in [5, 5.41) is 3.71. The lowest BCUT2D eigenvalue weighted by Gasteiger charge is -2.17. The zero-order valence-corrected chi connectivity index (χ0v) is 12.0. The molecule has 1 aromatic rings. The highest BCUT2D eigenvalue weighted by Crippen LogP contribution is 2.62. The third-order valence-electron chi connectivity index (χ3n) is 5.14. The predicted octanol–water partition coefficient (Wildman–Crippen LogP) is 2.75. The molecular formula is C16H26N2. The molecule has 0 spiro atoms. The van der Waals surface area contributed by atoms with Gasteiger partial charge in [-0.2, -0.15) is 0 Å². The van der Waals surface area contributed by atoms with Crippen molar-refractivity contribution in [3.05, 3.63) is 35.9 Å². The molecule has 18 heavy (non-hydrogen) atoms. The van der Waals surface area contributed by atoms with E-state index in [1.54, 1.807) is 0 Å². The van der Waals surface area contributed by atoms with Crippen LogP contribution in [-0.2, 0) is 0 Å². The summed E-state index contributed by atoms with van der Waals surface area (Å²) in [6, 6.07) is 11.2. The highest BCUT2D eigenvalue weighted by molar-refractivity contribution is 5.22. The first-order valence-electron chi connectivity index (χ1n) is 6.89. The van der Waals surface area contributed by atoms with Gasteiger partial charge >= 0.3 is 0 Å². The van der Waals surface area contributed by atoms with Crippen LogP contribution < -0.4 is 11.1 Å². The van der Waals surface area contributed by atoms with E-state index in [0.717, 1.165) is 6.54 Å². The SMILES string of the molecule is CC1(C)C(NCC(CN)c2ccccc2)C1(C)C. The Kier molecular flexibility index (Phi) is 3.52. The first-order chi connectivity index (χ1) is 8.41. The lowest BCUT2D eigenvalue weighted by atomic mass is 9.99. The largest absolute Gasteiger partial charge is 0.330 e. The highest BCUT2D eigenvalue weighted by Gasteiger charge is 2.64. The molecule has 100 valence electrons. The molecule has 0 aliphatic heterocycles. The summed E-state index contributed by atoms with van der Waals surface area (Å²) in [6.45, 7) is 11.0. The first kappa shape index (κ1) is 13.6. The van der Waals surface area contributed by atoms with Crippen LogP contribution in [0.2, 0.25) is 0 Å². The predicted molar refractivity (Wildman–Crippen MR) is 77.6 cm³/mol. The van der Waals surface area contributed by atoms with Gasteiger partial charge in [-0.25, -0.2) is 0 Å². The average molecular weight is 246 g/mol. The van der Waals surface area contributed by atoms with Gasteiger partial charge in [0.15, 0.2) is 0 Å². The lowest BCUT2D eigenvalue weighted by molar-refractivity contribution is 0.457. The van der Waals surface area contributed by atoms with Gasteiger partial charge in [-0.3, -0.25) is 0 Å². The van der Waals surface area contributed by atoms with Gasteiger partial charge in [0, 0.05) is 25.0 Å². The maximum absolute atomic E-state index is 5.91. The second-order valence-corrected chi connectivity index (χ2v) is 6.63. The Morgan fingerprint density at radius 1 is 1.11 bits per heavy atom. The van der Waals surface area contributed by atoms with Crippen LogP contribution in [0.3, 0.4) is 0 Å². The van der Waals surface area contributed by atoms with Crippen molar-refractivity contribution in [2.45, 2.75) is 39.7 Å². The topological polar surface area (TPSA) is 38.0 Å². The van der Waals surface area contributed by atoms with Crippen LogP contribution in [0.25, 0.3) is 0 Å². The van der Waals surface area contributed by atoms with Gasteiger partial charge < -0.3 is 11.1 Å². The molecule has 0 amide bonds. The molecule has 0 bridgehead atoms. The molecule has 1 aromatic carbocycles. The maximum atomic E-state index is 5.91. The van der Waals surface area contributed by atoms with Crippen LogP contribution in [-0.4, -0.2) is 19.1 Å². The molecule has 0 heterocycles. The molecule has 1 aliphatic carbocycles. The zero-order valence-electron chi connectivity index (χ0n) is 12.0. The van der Waals surface area contributed by atoms with Gasteiger partial charge in [0.1, 0.15) is 0 Å². The van der Waals surface area contributed by atoms with Crippen molar-refractivity contribution >= 4 is 0 Å². The molecule has 1 atom stereocenters. The summed E-state index contributed by atoms with van der Waals surface area (Å²) < 4.78 is 0. The molecule has 1 aliphatic rings. The number of nitrogens with one attached hydrogen (secondary N) is 1. The fraction of sp³-hybridized carbons (Fsp3) is 0.625. The zero-order chi connectivity index (χ0) is 13.4. The van der Waals surface area contributed by atoms with Crippen molar-refractivity contribution in [3.8, 4) is 0 Å². The summed E-state index contributed by atoms with van der Waals surface area (Å²) in [7, 11) is 0. The third kappa shape index (κ3) is 2.19. The molecule has 1 unspecified atom stereocenters. The van der Waals surface area contributed by atoms with Crippen molar-refractivity contribution in [1.29, 1.82) is 0 Å². The van der Waals surface area contributed by atoms with Crippen LogP contribution in [0.4, 0.5) is 0 Å². The van der Waals surface area contributed by atoms with Gasteiger partial charge in [-0.1, -0.05) is 58.0 Å². The van der Waals surface area contributed by atoms with E-state index < -0.39 is 0 Å². The van der Waals surface area contributed by atoms with Crippen molar-refractivity contribution in [2.75, 3.05) is 13.1 Å². The summed E-state index contributed by atoms with van der Waals surface area (Å²) in [5.41, 5.74) is 8.03. The van der Waals surface area contributed by atoms with Crippen molar-refractivity contribution < 1.29 is 0 Å². The van der Waals surface area contributed by atoms with E-state index in [4.69, 9.17) is 5.73 Å². The monoisotopic (exact) mass is 246 g/mol. The fourth-order valence-corrected chi connectivity index (χ4v) is 3.03. The van der Waals surface area contributed by atoms with E-state index in [-0.39, 0.29) is 0 Å². The molecule has 0 aromatic heterocycles. The van der Waals surface area contributed by atoms with Gasteiger partial charge in [0.2, 0.25) is 0 Å². The van der Waals surface area contributed by atoms with E-state index in [9.17, 15) is 0 Å². The molecule has 2 heteroatoms. The molecule has 3 N–H and O–H groups in total. The molecule has 2 nitrogen and oxygen atoms in total. The molecule has 0 saturated heterocycles. The summed E-state index contributed by atoms with van der Waals surface area (Å²) >= 11 is 0. The van der Waals surface area contributed by atoms with Gasteiger partial charge in [0.25, 0.3) is 0 Å². The minimum atomic E-state index is 0.392. The van der Waals surface area contributed by atoms with Crippen molar-refractivity contribution in [2.24, 2.45) is 16.6 Å². The molecule has 2 rings (SSSR count). The second kappa shape index (κ2) is 4.67. The first-order valence-corrected chi connectivity index (χ1v) is 6.89. The van der Waals surface area contributed by atoms with Crippen LogP contribution in [0, 0.1) is 10.8 Å². The summed E-state index contributed by atoms with van der Waals surface area (Å²) in [5.74, 6) is 0.415. The van der Waals surface area contributed by atoms with E-state index >= 15 is 0 Å². The third-order valence-corrected chi connectivity index (χ3v) is 5.14. The van der Waals surface area contributed by atoms with Gasteiger partial charge in [0.05, 0.1) is 0 Å². The highest BCUT2D eigenvalue weighted by atomic mass is 15.0. The van der Waals surface area contributed by atoms with E-state index in [2.05, 4.69) is 63.3 Å². The Bertz CT molecular complexity index is 381. The summed E-state index contributed by atoms with van der Waals surface area (Å²) in [6.07, 6.45) is 0. The smallest absolute Gasteiger partial charge is 0.0181 e. The maximum Gasteiger partial charge on any atom is 0.0181 e. The summed E-state index contributed by atoms with van der Waals surface area (Å²) in [4.78, 5) is 0. The Balaban J connectivity index is 1.94. The molecular weight excluding hydrogens is 220 g/mol. The quantitative estimate of drug-likeness (QED) is 0.838. The van der Waals surface area contributed by atoms with Crippen molar-refractivity contribution in [1.82, 2.24) is 5.32 Å². The number of benzene rings is 1. The molecule has 1 fully saturated rings. The molecule has 1 saturated carbocycles. The van der Waals surface area contributed by atoms with Crippen LogP contribution in [0.5, 0.6) is 0 Å². The average Bonchev–Trinajstić information content (AvgIpc) is 2.73. The van der Waals surface area contributed by atoms with Gasteiger partial charge in [-0.05, 0) is 16.4 Å². The normalized spacial score (nSPS) is 22.7. The van der Waals surface area contributed by atoms with E-state index in [1.807, 2.05) is 0 Å². The Morgan fingerprint density at radius 3 is 2.11 bits per heavy atom. The Labute approximate surface area is 111 Å². The van der Waals surface area contributed by atoms with Crippen molar-refractivity contribution in [3.63, 3.8) is 0 Å². The van der Waals surface area contributed by atoms with Crippen LogP contribution >= 0.6 is 0 Å². The number of hydrogen-bond donors (Lipinski definition) is 2. The standard InChI is InChI=1S/C16H26N2/c1-15(2)14(16(15,3)4)18-11-13(10-17)12-8-6-5-7-9-12/h5-9,13-14,18H,10-11,17H2,1-4H3. The molecule has 0 radical (unpaired) electrons. The van der Waals surface area contributed by atoms with E-state index in [0.29, 0.717) is 29.3 Å². The van der Waals surface area contributed by atoms with Gasteiger partial charge in [-0.15, -0.1) is 0 Å². The Hall–Kier alpha value is -0.860. The lowest BCUT2D eigenvalue weighted by Crippen LogP contribution is -2.31. The minimum absolute atomic E-state index is 0.392. The van der Waals surface area contributed by atoms with E-state index in [1.165, 1.54) is 5.56 Å². The number of rotatable bonds is 5. The van der Waals surface area contributed by atoms with Crippen LogP contribution in [0.1, 0.15) is 39.2 Å². The Morgan fingerprint density at radius 2 is 1.67 bits per heavy atom. The fourth-order valence-electron chi connectivity index (χ4n) is 3.03. The minimum Gasteiger partial charge on any atom is -0.330 e. The van der Waals surface area contributed by atoms with Crippen LogP contribution in [0.15, 0.2) is 30.3 Å².